The summed E-state index contributed by atoms with van der Waals surface area (Å²) in [4.78, 5) is 19.8. The number of amides is 1. The normalized spacial score (nSPS) is 15.5. The highest BCUT2D eigenvalue weighted by Crippen LogP contribution is 2.45. The van der Waals surface area contributed by atoms with Gasteiger partial charge in [-0.25, -0.2) is 9.38 Å². The number of aryl methyl sites for hydroxylation is 1. The Kier molecular flexibility index (Phi) is 7.53. The fraction of sp³-hybridized carbons (Fsp3) is 0.312. The molecule has 4 nitrogen and oxygen atoms in total. The third kappa shape index (κ3) is 5.73. The van der Waals surface area contributed by atoms with Crippen LogP contribution >= 0.6 is 22.9 Å². The zero-order valence-corrected chi connectivity index (χ0v) is 24.5. The van der Waals surface area contributed by atoms with E-state index in [9.17, 15) is 9.18 Å². The molecule has 0 aliphatic heterocycles. The predicted molar refractivity (Wildman–Crippen MR) is 161 cm³/mol. The summed E-state index contributed by atoms with van der Waals surface area (Å²) in [6.45, 7) is 10.9. The highest BCUT2D eigenvalue weighted by Gasteiger charge is 2.33. The van der Waals surface area contributed by atoms with Crippen LogP contribution in [0.15, 0.2) is 59.6 Å². The summed E-state index contributed by atoms with van der Waals surface area (Å²) < 4.78 is 15.6. The number of nitrogens with zero attached hydrogens (tertiary/aromatic N) is 2. The molecule has 4 aromatic rings. The number of carbonyl (C=O) groups excluding carboxylic acids is 1. The maximum absolute atomic E-state index is 13.6. The second-order valence-electron chi connectivity index (χ2n) is 11.3. The van der Waals surface area contributed by atoms with Gasteiger partial charge in [-0.2, -0.15) is 0 Å². The van der Waals surface area contributed by atoms with Gasteiger partial charge in [0.2, 0.25) is 0 Å². The summed E-state index contributed by atoms with van der Waals surface area (Å²) in [5, 5.41) is 4.40. The van der Waals surface area contributed by atoms with E-state index in [1.54, 1.807) is 35.6 Å². The molecule has 1 aliphatic carbocycles. The van der Waals surface area contributed by atoms with Crippen molar-refractivity contribution in [3.8, 4) is 5.69 Å². The molecule has 1 aliphatic rings. The first-order valence-electron chi connectivity index (χ1n) is 13.2. The number of hydrogen-bond acceptors (Lipinski definition) is 3. The summed E-state index contributed by atoms with van der Waals surface area (Å²) in [5.41, 5.74) is 6.58. The Morgan fingerprint density at radius 3 is 2.49 bits per heavy atom. The first-order chi connectivity index (χ1) is 18.5. The fourth-order valence-electron chi connectivity index (χ4n) is 5.40. The van der Waals surface area contributed by atoms with Gasteiger partial charge < -0.3 is 9.88 Å². The molecule has 0 saturated heterocycles. The number of thiophene rings is 1. The van der Waals surface area contributed by atoms with Gasteiger partial charge in [0.1, 0.15) is 10.8 Å². The van der Waals surface area contributed by atoms with Gasteiger partial charge in [0.15, 0.2) is 0 Å². The molecule has 2 aromatic carbocycles. The van der Waals surface area contributed by atoms with Crippen molar-refractivity contribution in [2.75, 3.05) is 5.32 Å². The lowest BCUT2D eigenvalue weighted by Crippen LogP contribution is -2.27. The minimum Gasteiger partial charge on any atom is -0.322 e. The molecule has 2 aromatic heterocycles. The van der Waals surface area contributed by atoms with Crippen molar-refractivity contribution in [1.29, 1.82) is 0 Å². The fourth-order valence-corrected chi connectivity index (χ4v) is 6.79. The molecular weight excluding hydrogens is 529 g/mol. The Hall–Kier alpha value is -3.22. The highest BCUT2D eigenvalue weighted by atomic mass is 35.5. The lowest BCUT2D eigenvalue weighted by Gasteiger charge is -2.33. The lowest BCUT2D eigenvalue weighted by molar-refractivity contribution is 0.102. The van der Waals surface area contributed by atoms with Gasteiger partial charge in [-0.1, -0.05) is 32.4 Å². The highest BCUT2D eigenvalue weighted by molar-refractivity contribution is 7.16. The molecule has 202 valence electrons. The van der Waals surface area contributed by atoms with Gasteiger partial charge >= 0.3 is 0 Å². The molecule has 0 unspecified atom stereocenters. The van der Waals surface area contributed by atoms with Crippen LogP contribution in [0.2, 0.25) is 5.02 Å². The molecule has 0 fully saturated rings. The van der Waals surface area contributed by atoms with Crippen molar-refractivity contribution in [2.24, 2.45) is 16.3 Å². The molecule has 1 atom stereocenters. The number of aliphatic imine (C=N–C) groups is 1. The number of anilines is 1. The third-order valence-electron chi connectivity index (χ3n) is 7.68. The molecule has 5 rings (SSSR count). The van der Waals surface area contributed by atoms with Gasteiger partial charge in [0.25, 0.3) is 5.91 Å². The third-order valence-corrected chi connectivity index (χ3v) is 9.09. The van der Waals surface area contributed by atoms with Gasteiger partial charge in [-0.3, -0.25) is 4.79 Å². The quantitative estimate of drug-likeness (QED) is 0.243. The number of aromatic nitrogens is 1. The molecule has 2 heterocycles. The van der Waals surface area contributed by atoms with Crippen LogP contribution in [-0.4, -0.2) is 16.7 Å². The molecule has 1 amide bonds. The van der Waals surface area contributed by atoms with Crippen LogP contribution in [0.5, 0.6) is 0 Å². The van der Waals surface area contributed by atoms with Crippen LogP contribution in [0.4, 0.5) is 15.1 Å². The maximum Gasteiger partial charge on any atom is 0.259 e. The number of benzene rings is 2. The average Bonchev–Trinajstić information content (AvgIpc) is 3.39. The van der Waals surface area contributed by atoms with E-state index in [-0.39, 0.29) is 17.1 Å². The molecular formula is C32H33ClFN3OS. The van der Waals surface area contributed by atoms with Gasteiger partial charge in [-0.05, 0) is 105 Å². The Balaban J connectivity index is 1.51. The molecule has 0 bridgehead atoms. The second-order valence-corrected chi connectivity index (χ2v) is 12.9. The number of rotatable bonds is 5. The monoisotopic (exact) mass is 561 g/mol. The zero-order valence-electron chi connectivity index (χ0n) is 22.9. The van der Waals surface area contributed by atoms with Crippen molar-refractivity contribution >= 4 is 45.7 Å². The standard InChI is InChI=1S/C32H33ClFN3OS/c1-19-16-21(20(2)37(19)26-13-9-24(34)10-14-26)18-35-31-29(30(38)36-25-11-7-23(33)8-12-25)27-15-6-22(32(3,4)5)17-28(27)39-31/h7-14,16,18,22H,6,15,17H2,1-5H3,(H,36,38)/t22-/m1/s1. The van der Waals surface area contributed by atoms with E-state index >= 15 is 0 Å². The number of carbonyl (C=O) groups is 1. The van der Waals surface area contributed by atoms with Gasteiger partial charge in [0.05, 0.1) is 5.56 Å². The summed E-state index contributed by atoms with van der Waals surface area (Å²) >= 11 is 7.67. The van der Waals surface area contributed by atoms with Crippen molar-refractivity contribution in [3.05, 3.63) is 98.4 Å². The van der Waals surface area contributed by atoms with Crippen molar-refractivity contribution in [2.45, 2.75) is 53.9 Å². The van der Waals surface area contributed by atoms with Crippen molar-refractivity contribution in [3.63, 3.8) is 0 Å². The number of hydrogen-bond donors (Lipinski definition) is 1. The van der Waals surface area contributed by atoms with E-state index in [2.05, 4.69) is 36.7 Å². The Morgan fingerprint density at radius 1 is 1.13 bits per heavy atom. The second kappa shape index (κ2) is 10.7. The topological polar surface area (TPSA) is 46.4 Å². The number of fused-ring (bicyclic) bond motifs is 1. The Labute approximate surface area is 238 Å². The molecule has 7 heteroatoms. The van der Waals surface area contributed by atoms with Crippen LogP contribution in [0.3, 0.4) is 0 Å². The van der Waals surface area contributed by atoms with Gasteiger partial charge in [0, 0.05) is 44.4 Å². The lowest BCUT2D eigenvalue weighted by atomic mass is 9.72. The van der Waals surface area contributed by atoms with Crippen LogP contribution in [-0.2, 0) is 12.8 Å². The Bertz CT molecular complexity index is 1540. The van der Waals surface area contributed by atoms with E-state index in [0.29, 0.717) is 22.2 Å². The van der Waals surface area contributed by atoms with E-state index < -0.39 is 0 Å². The van der Waals surface area contributed by atoms with Crippen LogP contribution in [0, 0.1) is 31.0 Å². The minimum atomic E-state index is -0.261. The first-order valence-corrected chi connectivity index (χ1v) is 14.4. The molecule has 0 spiro atoms. The molecule has 0 saturated carbocycles. The van der Waals surface area contributed by atoms with Crippen LogP contribution < -0.4 is 5.32 Å². The van der Waals surface area contributed by atoms with Crippen LogP contribution in [0.1, 0.15) is 64.9 Å². The van der Waals surface area contributed by atoms with Crippen molar-refractivity contribution < 1.29 is 9.18 Å². The average molecular weight is 562 g/mol. The minimum absolute atomic E-state index is 0.145. The largest absolute Gasteiger partial charge is 0.322 e. The molecule has 1 N–H and O–H groups in total. The summed E-state index contributed by atoms with van der Waals surface area (Å²) in [6, 6.07) is 15.7. The smallest absolute Gasteiger partial charge is 0.259 e. The SMILES string of the molecule is Cc1cc(C=Nc2sc3c(c2C(=O)Nc2ccc(Cl)cc2)CC[C@@H](C(C)(C)C)C3)c(C)n1-c1ccc(F)cc1. The summed E-state index contributed by atoms with van der Waals surface area (Å²) in [6.07, 6.45) is 4.72. The summed E-state index contributed by atoms with van der Waals surface area (Å²) in [5.74, 6) is 0.151. The van der Waals surface area contributed by atoms with Crippen LogP contribution in [0.25, 0.3) is 5.69 Å². The predicted octanol–water partition coefficient (Wildman–Crippen LogP) is 9.10. The van der Waals surface area contributed by atoms with E-state index in [1.807, 2.05) is 32.2 Å². The zero-order chi connectivity index (χ0) is 27.9. The van der Waals surface area contributed by atoms with E-state index in [1.165, 1.54) is 17.0 Å². The first kappa shape index (κ1) is 27.4. The number of halogens is 2. The maximum atomic E-state index is 13.6. The Morgan fingerprint density at radius 2 is 1.82 bits per heavy atom. The number of nitrogens with one attached hydrogen (secondary N) is 1. The van der Waals surface area contributed by atoms with E-state index in [0.717, 1.165) is 52.5 Å². The molecule has 39 heavy (non-hydrogen) atoms. The van der Waals surface area contributed by atoms with E-state index in [4.69, 9.17) is 16.6 Å². The molecule has 0 radical (unpaired) electrons. The summed E-state index contributed by atoms with van der Waals surface area (Å²) in [7, 11) is 0. The van der Waals surface area contributed by atoms with Crippen molar-refractivity contribution in [1.82, 2.24) is 4.57 Å². The van der Waals surface area contributed by atoms with Gasteiger partial charge in [-0.15, -0.1) is 11.3 Å².